The lowest BCUT2D eigenvalue weighted by Crippen LogP contribution is -2.30. The number of methoxy groups -OCH3 is 1. The SMILES string of the molecule is CNc1nccc(-c2cc(NC3CCN(C(=O)O)C3)c3cc(OC)ccc3c2)n1. The lowest BCUT2D eigenvalue weighted by molar-refractivity contribution is 0.155. The van der Waals surface area contributed by atoms with Gasteiger partial charge in [-0.15, -0.1) is 0 Å². The third-order valence-corrected chi connectivity index (χ3v) is 5.15. The number of carboxylic acid groups (broad SMARTS) is 1. The third kappa shape index (κ3) is 3.87. The van der Waals surface area contributed by atoms with Gasteiger partial charge in [0.2, 0.25) is 5.95 Å². The second kappa shape index (κ2) is 7.83. The van der Waals surface area contributed by atoms with Crippen LogP contribution in [0.4, 0.5) is 16.4 Å². The van der Waals surface area contributed by atoms with Gasteiger partial charge in [0.05, 0.1) is 12.8 Å². The molecule has 1 aliphatic rings. The van der Waals surface area contributed by atoms with Crippen molar-refractivity contribution in [2.75, 3.05) is 37.9 Å². The van der Waals surface area contributed by atoms with Crippen LogP contribution in [-0.2, 0) is 0 Å². The molecule has 0 radical (unpaired) electrons. The first-order chi connectivity index (χ1) is 14.1. The Bertz CT molecular complexity index is 1060. The quantitative estimate of drug-likeness (QED) is 0.610. The summed E-state index contributed by atoms with van der Waals surface area (Å²) in [6.45, 7) is 0.994. The van der Waals surface area contributed by atoms with Crippen molar-refractivity contribution in [2.24, 2.45) is 0 Å². The Morgan fingerprint density at radius 3 is 2.86 bits per heavy atom. The van der Waals surface area contributed by atoms with E-state index in [0.29, 0.717) is 19.0 Å². The fourth-order valence-electron chi connectivity index (χ4n) is 3.64. The molecule has 1 unspecified atom stereocenters. The van der Waals surface area contributed by atoms with E-state index in [-0.39, 0.29) is 6.04 Å². The van der Waals surface area contributed by atoms with Crippen molar-refractivity contribution in [1.29, 1.82) is 0 Å². The Morgan fingerprint density at radius 1 is 1.28 bits per heavy atom. The summed E-state index contributed by atoms with van der Waals surface area (Å²) in [5, 5.41) is 17.8. The van der Waals surface area contributed by atoms with Gasteiger partial charge in [0.25, 0.3) is 0 Å². The van der Waals surface area contributed by atoms with Gasteiger partial charge in [0.1, 0.15) is 5.75 Å². The molecule has 29 heavy (non-hydrogen) atoms. The fraction of sp³-hybridized carbons (Fsp3) is 0.286. The minimum atomic E-state index is -0.879. The second-order valence-electron chi connectivity index (χ2n) is 6.98. The summed E-state index contributed by atoms with van der Waals surface area (Å²) < 4.78 is 5.40. The zero-order chi connectivity index (χ0) is 20.4. The number of carbonyl (C=O) groups is 1. The number of hydrogen-bond acceptors (Lipinski definition) is 6. The number of ether oxygens (including phenoxy) is 1. The number of aromatic nitrogens is 2. The van der Waals surface area contributed by atoms with Crippen molar-refractivity contribution in [2.45, 2.75) is 12.5 Å². The minimum absolute atomic E-state index is 0.0500. The average Bonchev–Trinajstić information content (AvgIpc) is 3.22. The Kier molecular flexibility index (Phi) is 5.07. The Morgan fingerprint density at radius 2 is 2.14 bits per heavy atom. The summed E-state index contributed by atoms with van der Waals surface area (Å²) in [5.74, 6) is 1.33. The highest BCUT2D eigenvalue weighted by atomic mass is 16.5. The van der Waals surface area contributed by atoms with Crippen LogP contribution in [0, 0.1) is 0 Å². The first-order valence-corrected chi connectivity index (χ1v) is 9.45. The van der Waals surface area contributed by atoms with Gasteiger partial charge in [-0.05, 0) is 42.1 Å². The highest BCUT2D eigenvalue weighted by molar-refractivity contribution is 5.98. The Hall–Kier alpha value is -3.55. The molecule has 8 heteroatoms. The number of fused-ring (bicyclic) bond motifs is 1. The molecular formula is C21H23N5O3. The average molecular weight is 393 g/mol. The van der Waals surface area contributed by atoms with Crippen molar-refractivity contribution >= 4 is 28.5 Å². The summed E-state index contributed by atoms with van der Waals surface area (Å²) in [7, 11) is 3.43. The minimum Gasteiger partial charge on any atom is -0.497 e. The first kappa shape index (κ1) is 18.8. The van der Waals surface area contributed by atoms with Gasteiger partial charge < -0.3 is 25.4 Å². The summed E-state index contributed by atoms with van der Waals surface area (Å²) in [6, 6.07) is 12.0. The largest absolute Gasteiger partial charge is 0.497 e. The highest BCUT2D eigenvalue weighted by Crippen LogP contribution is 2.34. The molecule has 150 valence electrons. The van der Waals surface area contributed by atoms with Gasteiger partial charge in [-0.2, -0.15) is 0 Å². The molecular weight excluding hydrogens is 370 g/mol. The van der Waals surface area contributed by atoms with Crippen molar-refractivity contribution in [3.05, 3.63) is 42.6 Å². The van der Waals surface area contributed by atoms with Crippen molar-refractivity contribution < 1.29 is 14.6 Å². The molecule has 0 saturated carbocycles. The molecule has 2 aromatic carbocycles. The van der Waals surface area contributed by atoms with E-state index in [1.807, 2.05) is 30.3 Å². The third-order valence-electron chi connectivity index (χ3n) is 5.15. The molecule has 3 aromatic rings. The first-order valence-electron chi connectivity index (χ1n) is 9.45. The van der Waals surface area contributed by atoms with Gasteiger partial charge in [-0.3, -0.25) is 0 Å². The topological polar surface area (TPSA) is 99.6 Å². The smallest absolute Gasteiger partial charge is 0.407 e. The van der Waals surface area contributed by atoms with Crippen LogP contribution in [0.1, 0.15) is 6.42 Å². The number of amides is 1. The maximum absolute atomic E-state index is 11.3. The number of hydrogen-bond donors (Lipinski definition) is 3. The number of anilines is 2. The molecule has 1 aliphatic heterocycles. The zero-order valence-corrected chi connectivity index (χ0v) is 16.3. The van der Waals surface area contributed by atoms with Gasteiger partial charge in [0, 0.05) is 49.0 Å². The van der Waals surface area contributed by atoms with Gasteiger partial charge in [-0.1, -0.05) is 6.07 Å². The predicted octanol–water partition coefficient (Wildman–Crippen LogP) is 3.51. The number of benzene rings is 2. The number of rotatable bonds is 5. The van der Waals surface area contributed by atoms with E-state index >= 15 is 0 Å². The predicted molar refractivity (Wildman–Crippen MR) is 113 cm³/mol. The van der Waals surface area contributed by atoms with Crippen molar-refractivity contribution in [3.8, 4) is 17.0 Å². The Balaban J connectivity index is 1.76. The highest BCUT2D eigenvalue weighted by Gasteiger charge is 2.26. The van der Waals surface area contributed by atoms with Crippen molar-refractivity contribution in [1.82, 2.24) is 14.9 Å². The number of nitrogens with one attached hydrogen (secondary N) is 2. The fourth-order valence-corrected chi connectivity index (χ4v) is 3.64. The summed E-state index contributed by atoms with van der Waals surface area (Å²) in [4.78, 5) is 21.4. The molecule has 8 nitrogen and oxygen atoms in total. The van der Waals surface area contributed by atoms with Crippen LogP contribution in [0.2, 0.25) is 0 Å². The van der Waals surface area contributed by atoms with E-state index in [4.69, 9.17) is 4.74 Å². The van der Waals surface area contributed by atoms with Gasteiger partial charge in [0.15, 0.2) is 0 Å². The summed E-state index contributed by atoms with van der Waals surface area (Å²) in [6.07, 6.45) is 1.61. The van der Waals surface area contributed by atoms with Crippen LogP contribution in [0.3, 0.4) is 0 Å². The molecule has 1 fully saturated rings. The van der Waals surface area contributed by atoms with E-state index < -0.39 is 6.09 Å². The summed E-state index contributed by atoms with van der Waals surface area (Å²) >= 11 is 0. The second-order valence-corrected chi connectivity index (χ2v) is 6.98. The van der Waals surface area contributed by atoms with E-state index in [0.717, 1.165) is 39.9 Å². The van der Waals surface area contributed by atoms with E-state index in [1.54, 1.807) is 20.4 Å². The van der Waals surface area contributed by atoms with Gasteiger partial charge in [-0.25, -0.2) is 14.8 Å². The normalized spacial score (nSPS) is 16.1. The maximum atomic E-state index is 11.3. The van der Waals surface area contributed by atoms with Crippen LogP contribution < -0.4 is 15.4 Å². The lowest BCUT2D eigenvalue weighted by atomic mass is 10.0. The number of likely N-dealkylation sites (tertiary alicyclic amines) is 1. The molecule has 3 N–H and O–H groups in total. The molecule has 1 atom stereocenters. The summed E-state index contributed by atoms with van der Waals surface area (Å²) in [5.41, 5.74) is 2.69. The number of nitrogens with zero attached hydrogens (tertiary/aromatic N) is 3. The lowest BCUT2D eigenvalue weighted by Gasteiger charge is -2.18. The van der Waals surface area contributed by atoms with E-state index in [2.05, 4.69) is 26.7 Å². The monoisotopic (exact) mass is 393 g/mol. The van der Waals surface area contributed by atoms with Crippen LogP contribution >= 0.6 is 0 Å². The van der Waals surface area contributed by atoms with Crippen LogP contribution in [0.15, 0.2) is 42.6 Å². The van der Waals surface area contributed by atoms with Crippen LogP contribution in [0.25, 0.3) is 22.0 Å². The zero-order valence-electron chi connectivity index (χ0n) is 16.3. The maximum Gasteiger partial charge on any atom is 0.407 e. The van der Waals surface area contributed by atoms with Gasteiger partial charge >= 0.3 is 6.09 Å². The van der Waals surface area contributed by atoms with Crippen LogP contribution in [-0.4, -0.2) is 59.4 Å². The molecule has 4 rings (SSSR count). The van der Waals surface area contributed by atoms with Crippen LogP contribution in [0.5, 0.6) is 5.75 Å². The molecule has 1 amide bonds. The molecule has 0 spiro atoms. The molecule has 2 heterocycles. The molecule has 0 bridgehead atoms. The molecule has 1 saturated heterocycles. The van der Waals surface area contributed by atoms with E-state index in [1.165, 1.54) is 4.90 Å². The molecule has 0 aliphatic carbocycles. The van der Waals surface area contributed by atoms with E-state index in [9.17, 15) is 9.90 Å². The van der Waals surface area contributed by atoms with Crippen molar-refractivity contribution in [3.63, 3.8) is 0 Å². The standard InChI is InChI=1S/C21H23N5O3/c1-22-20-23-7-5-18(25-20)14-9-13-3-4-16(29-2)11-17(13)19(10-14)24-15-6-8-26(12-15)21(27)28/h3-5,7,9-11,15,24H,6,8,12H2,1-2H3,(H,27,28)(H,22,23,25). The Labute approximate surface area is 168 Å². The molecule has 1 aromatic heterocycles.